The highest BCUT2D eigenvalue weighted by atomic mass is 19.1. The molecule has 3 amide bonds. The summed E-state index contributed by atoms with van der Waals surface area (Å²) >= 11 is 0. The van der Waals surface area contributed by atoms with Gasteiger partial charge in [0.25, 0.3) is 0 Å². The van der Waals surface area contributed by atoms with Gasteiger partial charge in [0.15, 0.2) is 0 Å². The van der Waals surface area contributed by atoms with Crippen molar-refractivity contribution in [3.63, 3.8) is 0 Å². The molecule has 0 aliphatic heterocycles. The SMILES string of the molecule is CCc1ccc([C@H](N[C@H](C(=O)NC(N)=O)c2ccccc2)c2cccc(F)c2)cc1. The smallest absolute Gasteiger partial charge is 0.318 e. The highest BCUT2D eigenvalue weighted by Crippen LogP contribution is 2.27. The van der Waals surface area contributed by atoms with Gasteiger partial charge in [-0.15, -0.1) is 0 Å². The first kappa shape index (κ1) is 21.2. The van der Waals surface area contributed by atoms with Gasteiger partial charge < -0.3 is 5.73 Å². The van der Waals surface area contributed by atoms with E-state index in [4.69, 9.17) is 5.73 Å². The number of imide groups is 1. The first-order valence-corrected chi connectivity index (χ1v) is 9.73. The van der Waals surface area contributed by atoms with Gasteiger partial charge in [-0.05, 0) is 40.8 Å². The molecule has 2 atom stereocenters. The van der Waals surface area contributed by atoms with E-state index < -0.39 is 24.0 Å². The molecule has 4 N–H and O–H groups in total. The molecule has 30 heavy (non-hydrogen) atoms. The number of carbonyl (C=O) groups is 2. The van der Waals surface area contributed by atoms with E-state index in [2.05, 4.69) is 17.6 Å². The average molecular weight is 405 g/mol. The van der Waals surface area contributed by atoms with E-state index in [0.717, 1.165) is 12.0 Å². The summed E-state index contributed by atoms with van der Waals surface area (Å²) in [5.74, 6) is -0.956. The molecule has 154 valence electrons. The summed E-state index contributed by atoms with van der Waals surface area (Å²) in [6.45, 7) is 2.07. The summed E-state index contributed by atoms with van der Waals surface area (Å²) in [5, 5.41) is 5.43. The number of primary amides is 1. The summed E-state index contributed by atoms with van der Waals surface area (Å²) in [6.07, 6.45) is 0.895. The maximum Gasteiger partial charge on any atom is 0.318 e. The molecule has 0 aromatic heterocycles. The van der Waals surface area contributed by atoms with Gasteiger partial charge in [-0.3, -0.25) is 15.4 Å². The van der Waals surface area contributed by atoms with Crippen molar-refractivity contribution in [2.45, 2.75) is 25.4 Å². The van der Waals surface area contributed by atoms with Gasteiger partial charge in [0.2, 0.25) is 5.91 Å². The molecule has 0 bridgehead atoms. The van der Waals surface area contributed by atoms with Crippen LogP contribution in [0.15, 0.2) is 78.9 Å². The highest BCUT2D eigenvalue weighted by molar-refractivity contribution is 5.96. The van der Waals surface area contributed by atoms with Crippen molar-refractivity contribution in [3.8, 4) is 0 Å². The molecule has 6 heteroatoms. The third-order valence-corrected chi connectivity index (χ3v) is 4.88. The monoisotopic (exact) mass is 405 g/mol. The maximum absolute atomic E-state index is 14.0. The molecule has 0 saturated heterocycles. The quantitative estimate of drug-likeness (QED) is 0.555. The zero-order valence-corrected chi connectivity index (χ0v) is 16.6. The van der Waals surface area contributed by atoms with E-state index in [-0.39, 0.29) is 5.82 Å². The lowest BCUT2D eigenvalue weighted by molar-refractivity contribution is -0.122. The Morgan fingerprint density at radius 3 is 2.17 bits per heavy atom. The predicted molar refractivity (Wildman–Crippen MR) is 114 cm³/mol. The Labute approximate surface area is 175 Å². The fourth-order valence-corrected chi connectivity index (χ4v) is 3.35. The number of nitrogens with one attached hydrogen (secondary N) is 2. The Morgan fingerprint density at radius 2 is 1.57 bits per heavy atom. The summed E-state index contributed by atoms with van der Waals surface area (Å²) in [7, 11) is 0. The maximum atomic E-state index is 14.0. The molecule has 0 aliphatic rings. The van der Waals surface area contributed by atoms with Gasteiger partial charge in [-0.1, -0.05) is 73.7 Å². The lowest BCUT2D eigenvalue weighted by Crippen LogP contribution is -2.44. The second kappa shape index (κ2) is 9.80. The van der Waals surface area contributed by atoms with Crippen LogP contribution in [0.3, 0.4) is 0 Å². The van der Waals surface area contributed by atoms with Crippen LogP contribution in [-0.2, 0) is 11.2 Å². The van der Waals surface area contributed by atoms with Crippen molar-refractivity contribution in [3.05, 3.63) is 107 Å². The minimum absolute atomic E-state index is 0.373. The molecule has 0 aliphatic carbocycles. The van der Waals surface area contributed by atoms with Crippen LogP contribution in [0.1, 0.15) is 41.3 Å². The van der Waals surface area contributed by atoms with Gasteiger partial charge in [-0.25, -0.2) is 9.18 Å². The molecular formula is C24H24FN3O2. The Hall–Kier alpha value is -3.51. The van der Waals surface area contributed by atoms with E-state index in [9.17, 15) is 14.0 Å². The number of hydrogen-bond acceptors (Lipinski definition) is 3. The molecule has 3 aromatic rings. The number of aryl methyl sites for hydroxylation is 1. The molecule has 0 spiro atoms. The van der Waals surface area contributed by atoms with E-state index in [0.29, 0.717) is 11.1 Å². The Morgan fingerprint density at radius 1 is 0.900 bits per heavy atom. The highest BCUT2D eigenvalue weighted by Gasteiger charge is 2.26. The standard InChI is InChI=1S/C24H24FN3O2/c1-2-16-11-13-18(14-12-16)21(19-9-6-10-20(25)15-19)27-22(23(29)28-24(26)30)17-7-4-3-5-8-17/h3-15,21-22,27H,2H2,1H3,(H3,26,28,29,30)/t21-,22-/m0/s1. The predicted octanol–water partition coefficient (Wildman–Crippen LogP) is 4.00. The van der Waals surface area contributed by atoms with Crippen molar-refractivity contribution < 1.29 is 14.0 Å². The topological polar surface area (TPSA) is 84.2 Å². The Bertz CT molecular complexity index is 1010. The zero-order valence-electron chi connectivity index (χ0n) is 16.6. The molecule has 0 fully saturated rings. The first-order chi connectivity index (χ1) is 14.5. The zero-order chi connectivity index (χ0) is 21.5. The molecular weight excluding hydrogens is 381 g/mol. The summed E-state index contributed by atoms with van der Waals surface area (Å²) in [4.78, 5) is 24.1. The number of hydrogen-bond donors (Lipinski definition) is 3. The van der Waals surface area contributed by atoms with Crippen LogP contribution >= 0.6 is 0 Å². The lowest BCUT2D eigenvalue weighted by atomic mass is 9.95. The lowest BCUT2D eigenvalue weighted by Gasteiger charge is -2.26. The second-order valence-electron chi connectivity index (χ2n) is 6.95. The van der Waals surface area contributed by atoms with Gasteiger partial charge in [0.1, 0.15) is 11.9 Å². The largest absolute Gasteiger partial charge is 0.351 e. The Balaban J connectivity index is 2.03. The number of benzene rings is 3. The van der Waals surface area contributed by atoms with Crippen molar-refractivity contribution in [1.29, 1.82) is 0 Å². The van der Waals surface area contributed by atoms with E-state index in [1.165, 1.54) is 17.7 Å². The molecule has 0 saturated carbocycles. The van der Waals surface area contributed by atoms with Crippen LogP contribution < -0.4 is 16.4 Å². The van der Waals surface area contributed by atoms with Crippen LogP contribution in [0.25, 0.3) is 0 Å². The van der Waals surface area contributed by atoms with Gasteiger partial charge in [-0.2, -0.15) is 0 Å². The van der Waals surface area contributed by atoms with Crippen LogP contribution in [0, 0.1) is 5.82 Å². The van der Waals surface area contributed by atoms with Crippen LogP contribution in [0.4, 0.5) is 9.18 Å². The summed E-state index contributed by atoms with van der Waals surface area (Å²) in [5.41, 5.74) is 8.52. The summed E-state index contributed by atoms with van der Waals surface area (Å²) in [6, 6.07) is 20.8. The van der Waals surface area contributed by atoms with E-state index in [1.54, 1.807) is 36.4 Å². The third kappa shape index (κ3) is 5.30. The second-order valence-corrected chi connectivity index (χ2v) is 6.95. The van der Waals surface area contributed by atoms with E-state index >= 15 is 0 Å². The van der Waals surface area contributed by atoms with Crippen LogP contribution in [-0.4, -0.2) is 11.9 Å². The number of rotatable bonds is 7. The first-order valence-electron chi connectivity index (χ1n) is 9.73. The van der Waals surface area contributed by atoms with Gasteiger partial charge in [0.05, 0.1) is 6.04 Å². The fourth-order valence-electron chi connectivity index (χ4n) is 3.35. The van der Waals surface area contributed by atoms with Crippen molar-refractivity contribution in [2.75, 3.05) is 0 Å². The van der Waals surface area contributed by atoms with Crippen molar-refractivity contribution in [1.82, 2.24) is 10.6 Å². The normalized spacial score (nSPS) is 12.7. The fraction of sp³-hybridized carbons (Fsp3) is 0.167. The summed E-state index contributed by atoms with van der Waals surface area (Å²) < 4.78 is 14.0. The molecule has 3 aromatic carbocycles. The van der Waals surface area contributed by atoms with Crippen molar-refractivity contribution in [2.24, 2.45) is 5.73 Å². The number of halogens is 1. The van der Waals surface area contributed by atoms with E-state index in [1.807, 2.05) is 30.3 Å². The minimum atomic E-state index is -0.933. The van der Waals surface area contributed by atoms with Gasteiger partial charge in [0, 0.05) is 0 Å². The number of nitrogens with two attached hydrogens (primary N) is 1. The molecule has 0 heterocycles. The van der Waals surface area contributed by atoms with Gasteiger partial charge >= 0.3 is 6.03 Å². The average Bonchev–Trinajstić information content (AvgIpc) is 2.74. The molecule has 0 unspecified atom stereocenters. The van der Waals surface area contributed by atoms with Crippen LogP contribution in [0.5, 0.6) is 0 Å². The molecule has 5 nitrogen and oxygen atoms in total. The molecule has 3 rings (SSSR count). The van der Waals surface area contributed by atoms with Crippen LogP contribution in [0.2, 0.25) is 0 Å². The number of amides is 3. The third-order valence-electron chi connectivity index (χ3n) is 4.88. The minimum Gasteiger partial charge on any atom is -0.351 e. The number of urea groups is 1. The Kier molecular flexibility index (Phi) is 6.93. The molecule has 0 radical (unpaired) electrons. The number of carbonyl (C=O) groups excluding carboxylic acids is 2. The van der Waals surface area contributed by atoms with Crippen molar-refractivity contribution >= 4 is 11.9 Å².